The van der Waals surface area contributed by atoms with Crippen LogP contribution in [-0.2, 0) is 0 Å². The molecule has 0 saturated carbocycles. The van der Waals surface area contributed by atoms with Crippen molar-refractivity contribution in [2.24, 2.45) is 0 Å². The maximum Gasteiger partial charge on any atom is 0.0587 e. The minimum atomic E-state index is 1.28. The van der Waals surface area contributed by atoms with Crippen LogP contribution in [0.25, 0.3) is 11.1 Å². The van der Waals surface area contributed by atoms with Gasteiger partial charge in [0.1, 0.15) is 0 Å². The van der Waals surface area contributed by atoms with Crippen LogP contribution < -0.4 is 0 Å². The number of hydrogen-bond acceptors (Lipinski definition) is 2. The molecule has 2 nitrogen and oxygen atoms in total. The van der Waals surface area contributed by atoms with Crippen LogP contribution in [0.1, 0.15) is 13.8 Å². The maximum atomic E-state index is 7.32. The second kappa shape index (κ2) is 10.9. The summed E-state index contributed by atoms with van der Waals surface area (Å²) in [5.41, 5.74) is 2.55. The fraction of sp³-hybridized carbons (Fsp3) is 0.125. The van der Waals surface area contributed by atoms with Gasteiger partial charge in [0.25, 0.3) is 0 Å². The van der Waals surface area contributed by atoms with Gasteiger partial charge in [-0.25, -0.2) is 0 Å². The van der Waals surface area contributed by atoms with Crippen LogP contribution in [-0.4, -0.2) is 0 Å². The second-order valence-corrected chi connectivity index (χ2v) is 3.18. The first-order valence-electron chi connectivity index (χ1n) is 5.52. The third-order valence-electron chi connectivity index (χ3n) is 1.88. The van der Waals surface area contributed by atoms with E-state index < -0.39 is 0 Å². The van der Waals surface area contributed by atoms with E-state index >= 15 is 0 Å². The van der Waals surface area contributed by atoms with Crippen LogP contribution in [0.15, 0.2) is 60.7 Å². The first kappa shape index (κ1) is 15.4. The predicted molar refractivity (Wildman–Crippen MR) is 74.5 cm³/mol. The van der Waals surface area contributed by atoms with Crippen LogP contribution in [0.2, 0.25) is 0 Å². The van der Waals surface area contributed by atoms with Gasteiger partial charge in [-0.05, 0) is 11.1 Å². The summed E-state index contributed by atoms with van der Waals surface area (Å²) in [4.78, 5) is 0. The van der Waals surface area contributed by atoms with Gasteiger partial charge in [0.05, 0.1) is 12.1 Å². The van der Waals surface area contributed by atoms with E-state index in [9.17, 15) is 0 Å². The Kier molecular flexibility index (Phi) is 9.36. The summed E-state index contributed by atoms with van der Waals surface area (Å²) in [5, 5.41) is 14.6. The minimum Gasteiger partial charge on any atom is -0.199 e. The van der Waals surface area contributed by atoms with Crippen molar-refractivity contribution in [3.63, 3.8) is 0 Å². The van der Waals surface area contributed by atoms with Gasteiger partial charge in [-0.1, -0.05) is 60.7 Å². The van der Waals surface area contributed by atoms with Crippen LogP contribution in [0.4, 0.5) is 0 Å². The molecule has 0 aromatic heterocycles. The van der Waals surface area contributed by atoms with Crippen LogP contribution in [0.5, 0.6) is 0 Å². The van der Waals surface area contributed by atoms with Crippen LogP contribution >= 0.6 is 0 Å². The van der Waals surface area contributed by atoms with Crippen LogP contribution in [0.3, 0.4) is 0 Å². The number of hydrogen-bond donors (Lipinski definition) is 0. The molecule has 0 saturated heterocycles. The molecule has 0 heterocycles. The lowest BCUT2D eigenvalue weighted by atomic mass is 10.1. The van der Waals surface area contributed by atoms with Gasteiger partial charge in [-0.3, -0.25) is 0 Å². The van der Waals surface area contributed by atoms with E-state index in [-0.39, 0.29) is 0 Å². The molecule has 0 spiro atoms. The standard InChI is InChI=1S/C12H10.2C2H3N/c1-3-7-11(8-4-1)12-9-5-2-6-10-12;2*1-2-3/h1-10H;2*1H3. The van der Waals surface area contributed by atoms with Crippen molar-refractivity contribution in [1.82, 2.24) is 0 Å². The Bertz CT molecular complexity index is 441. The average molecular weight is 236 g/mol. The van der Waals surface area contributed by atoms with E-state index in [1.807, 2.05) is 12.1 Å². The van der Waals surface area contributed by atoms with Crippen molar-refractivity contribution in [2.45, 2.75) is 13.8 Å². The molecule has 0 unspecified atom stereocenters. The molecule has 0 amide bonds. The Morgan fingerprint density at radius 1 is 0.611 bits per heavy atom. The number of rotatable bonds is 1. The van der Waals surface area contributed by atoms with Crippen LogP contribution in [0, 0.1) is 22.7 Å². The largest absolute Gasteiger partial charge is 0.199 e. The van der Waals surface area contributed by atoms with Crippen molar-refractivity contribution in [1.29, 1.82) is 10.5 Å². The molecule has 2 rings (SSSR count). The highest BCUT2D eigenvalue weighted by Gasteiger charge is 1.91. The molecule has 0 atom stereocenters. The van der Waals surface area contributed by atoms with Crippen molar-refractivity contribution >= 4 is 0 Å². The van der Waals surface area contributed by atoms with Gasteiger partial charge in [0.15, 0.2) is 0 Å². The van der Waals surface area contributed by atoms with Crippen molar-refractivity contribution in [3.8, 4) is 23.3 Å². The summed E-state index contributed by atoms with van der Waals surface area (Å²) in [5.74, 6) is 0. The highest BCUT2D eigenvalue weighted by Crippen LogP contribution is 2.17. The molecule has 0 aliphatic heterocycles. The molecule has 2 heteroatoms. The van der Waals surface area contributed by atoms with E-state index in [1.54, 1.807) is 12.1 Å². The topological polar surface area (TPSA) is 47.6 Å². The molecular formula is C16H16N2. The maximum absolute atomic E-state index is 7.32. The summed E-state index contributed by atoms with van der Waals surface area (Å²) in [7, 11) is 0. The van der Waals surface area contributed by atoms with E-state index in [0.717, 1.165) is 0 Å². The summed E-state index contributed by atoms with van der Waals surface area (Å²) >= 11 is 0. The van der Waals surface area contributed by atoms with Gasteiger partial charge >= 0.3 is 0 Å². The lowest BCUT2D eigenvalue weighted by Gasteiger charge is -1.98. The van der Waals surface area contributed by atoms with Gasteiger partial charge in [-0.15, -0.1) is 0 Å². The zero-order valence-corrected chi connectivity index (χ0v) is 10.7. The van der Waals surface area contributed by atoms with Crippen molar-refractivity contribution in [3.05, 3.63) is 60.7 Å². The molecule has 90 valence electrons. The highest BCUT2D eigenvalue weighted by molar-refractivity contribution is 5.62. The number of benzene rings is 2. The van der Waals surface area contributed by atoms with E-state index in [4.69, 9.17) is 10.5 Å². The molecule has 0 N–H and O–H groups in total. The Labute approximate surface area is 109 Å². The number of nitriles is 2. The lowest BCUT2D eigenvalue weighted by molar-refractivity contribution is 1.49. The third kappa shape index (κ3) is 6.82. The minimum absolute atomic E-state index is 1.28. The van der Waals surface area contributed by atoms with Gasteiger partial charge in [0, 0.05) is 13.8 Å². The zero-order valence-electron chi connectivity index (χ0n) is 10.7. The number of nitrogens with zero attached hydrogens (tertiary/aromatic N) is 2. The molecule has 18 heavy (non-hydrogen) atoms. The van der Waals surface area contributed by atoms with Crippen molar-refractivity contribution < 1.29 is 0 Å². The smallest absolute Gasteiger partial charge is 0.0587 e. The normalized spacial score (nSPS) is 7.33. The highest BCUT2D eigenvalue weighted by atomic mass is 14.2. The molecule has 0 fully saturated rings. The first-order chi connectivity index (χ1) is 8.79. The molecule has 2 aromatic rings. The predicted octanol–water partition coefficient (Wildman–Crippen LogP) is 4.41. The third-order valence-corrected chi connectivity index (χ3v) is 1.88. The van der Waals surface area contributed by atoms with E-state index in [2.05, 4.69) is 48.5 Å². The molecule has 2 aromatic carbocycles. The fourth-order valence-electron chi connectivity index (χ4n) is 1.26. The van der Waals surface area contributed by atoms with Gasteiger partial charge < -0.3 is 0 Å². The van der Waals surface area contributed by atoms with Gasteiger partial charge in [0.2, 0.25) is 0 Å². The van der Waals surface area contributed by atoms with Gasteiger partial charge in [-0.2, -0.15) is 10.5 Å². The summed E-state index contributed by atoms with van der Waals surface area (Å²) in [6.45, 7) is 2.86. The molecular weight excluding hydrogens is 220 g/mol. The summed E-state index contributed by atoms with van der Waals surface area (Å²) in [6.07, 6.45) is 0. The monoisotopic (exact) mass is 236 g/mol. The quantitative estimate of drug-likeness (QED) is 0.736. The lowest BCUT2D eigenvalue weighted by Crippen LogP contribution is -1.73. The Balaban J connectivity index is 0.000000414. The van der Waals surface area contributed by atoms with E-state index in [1.165, 1.54) is 25.0 Å². The molecule has 0 radical (unpaired) electrons. The SMILES string of the molecule is CC#N.CC#N.c1ccc(-c2ccccc2)cc1. The molecule has 0 bridgehead atoms. The van der Waals surface area contributed by atoms with Crippen molar-refractivity contribution in [2.75, 3.05) is 0 Å². The average Bonchev–Trinajstić information content (AvgIpc) is 2.43. The first-order valence-corrected chi connectivity index (χ1v) is 5.52. The Morgan fingerprint density at radius 2 is 0.833 bits per heavy atom. The Morgan fingerprint density at radius 3 is 1.06 bits per heavy atom. The second-order valence-electron chi connectivity index (χ2n) is 3.18. The zero-order chi connectivity index (χ0) is 13.6. The Hall–Kier alpha value is -2.58. The fourth-order valence-corrected chi connectivity index (χ4v) is 1.26. The summed E-state index contributed by atoms with van der Waals surface area (Å²) < 4.78 is 0. The molecule has 0 aliphatic carbocycles. The molecule has 0 aliphatic rings. The summed E-state index contributed by atoms with van der Waals surface area (Å²) in [6, 6.07) is 24.3. The van der Waals surface area contributed by atoms with E-state index in [0.29, 0.717) is 0 Å².